The quantitative estimate of drug-likeness (QED) is 0.816. The molecule has 2 aromatic carbocycles. The molecule has 1 saturated heterocycles. The predicted molar refractivity (Wildman–Crippen MR) is 90.3 cm³/mol. The summed E-state index contributed by atoms with van der Waals surface area (Å²) in [6.45, 7) is 0.385. The normalized spacial score (nSPS) is 16.2. The minimum atomic E-state index is -0.491. The molecule has 0 aromatic heterocycles. The number of hydrogen-bond donors (Lipinski definition) is 2. The largest absolute Gasteiger partial charge is 0.495 e. The highest BCUT2D eigenvalue weighted by molar-refractivity contribution is 6.05. The molecule has 0 radical (unpaired) electrons. The molecule has 1 amide bonds. The highest BCUT2D eigenvalue weighted by atomic mass is 19.1. The third-order valence-corrected chi connectivity index (χ3v) is 3.81. The number of hydrogen-bond acceptors (Lipinski definition) is 5. The van der Waals surface area contributed by atoms with Gasteiger partial charge < -0.3 is 20.1 Å². The summed E-state index contributed by atoms with van der Waals surface area (Å²) < 4.78 is 23.4. The Morgan fingerprint density at radius 2 is 2.12 bits per heavy atom. The maximum atomic E-state index is 13.3. The number of anilines is 2. The van der Waals surface area contributed by atoms with Crippen LogP contribution in [0.2, 0.25) is 0 Å². The molecule has 1 heterocycles. The second-order valence-electron chi connectivity index (χ2n) is 5.53. The fourth-order valence-corrected chi connectivity index (χ4v) is 2.55. The molecular formula is C18H17FN2O4. The van der Waals surface area contributed by atoms with Crippen molar-refractivity contribution < 1.29 is 23.5 Å². The van der Waals surface area contributed by atoms with Crippen LogP contribution in [0.4, 0.5) is 15.8 Å². The number of amides is 1. The van der Waals surface area contributed by atoms with Crippen LogP contribution >= 0.6 is 0 Å². The molecular weight excluding hydrogens is 327 g/mol. The third kappa shape index (κ3) is 3.88. The lowest BCUT2D eigenvalue weighted by molar-refractivity contribution is -0.138. The number of esters is 1. The van der Waals surface area contributed by atoms with Crippen LogP contribution in [0.5, 0.6) is 5.75 Å². The first-order valence-corrected chi connectivity index (χ1v) is 7.75. The number of carbonyl (C=O) groups excluding carboxylic acids is 2. The van der Waals surface area contributed by atoms with Crippen LogP contribution in [0, 0.1) is 5.82 Å². The van der Waals surface area contributed by atoms with Gasteiger partial charge in [0.2, 0.25) is 0 Å². The summed E-state index contributed by atoms with van der Waals surface area (Å²) >= 11 is 0. The molecule has 130 valence electrons. The SMILES string of the molecule is COc1ccc(NC2CCOC2=O)cc1NC(=O)c1cccc(F)c1. The zero-order valence-corrected chi connectivity index (χ0v) is 13.5. The average Bonchev–Trinajstić information content (AvgIpc) is 3.00. The molecule has 2 N–H and O–H groups in total. The van der Waals surface area contributed by atoms with Gasteiger partial charge in [-0.15, -0.1) is 0 Å². The fourth-order valence-electron chi connectivity index (χ4n) is 2.55. The Labute approximate surface area is 143 Å². The van der Waals surface area contributed by atoms with Gasteiger partial charge in [-0.25, -0.2) is 9.18 Å². The van der Waals surface area contributed by atoms with Gasteiger partial charge in [0.25, 0.3) is 5.91 Å². The minimum Gasteiger partial charge on any atom is -0.495 e. The third-order valence-electron chi connectivity index (χ3n) is 3.81. The Balaban J connectivity index is 1.80. The van der Waals surface area contributed by atoms with Crippen molar-refractivity contribution in [3.05, 3.63) is 53.8 Å². The van der Waals surface area contributed by atoms with E-state index in [1.54, 1.807) is 18.2 Å². The van der Waals surface area contributed by atoms with Gasteiger partial charge in [-0.2, -0.15) is 0 Å². The molecule has 7 heteroatoms. The van der Waals surface area contributed by atoms with Crippen LogP contribution in [0.15, 0.2) is 42.5 Å². The molecule has 0 saturated carbocycles. The van der Waals surface area contributed by atoms with Crippen molar-refractivity contribution in [2.45, 2.75) is 12.5 Å². The van der Waals surface area contributed by atoms with E-state index in [1.807, 2.05) is 0 Å². The van der Waals surface area contributed by atoms with E-state index in [4.69, 9.17) is 9.47 Å². The number of cyclic esters (lactones) is 1. The summed E-state index contributed by atoms with van der Waals surface area (Å²) in [5, 5.41) is 5.76. The number of halogens is 1. The number of carbonyl (C=O) groups is 2. The second-order valence-corrected chi connectivity index (χ2v) is 5.53. The molecule has 1 fully saturated rings. The Morgan fingerprint density at radius 1 is 1.28 bits per heavy atom. The lowest BCUT2D eigenvalue weighted by atomic mass is 10.1. The molecule has 25 heavy (non-hydrogen) atoms. The van der Waals surface area contributed by atoms with E-state index in [0.717, 1.165) is 6.07 Å². The van der Waals surface area contributed by atoms with Crippen molar-refractivity contribution >= 4 is 23.3 Å². The minimum absolute atomic E-state index is 0.194. The van der Waals surface area contributed by atoms with Crippen LogP contribution in [0.1, 0.15) is 16.8 Å². The number of nitrogens with one attached hydrogen (secondary N) is 2. The van der Waals surface area contributed by atoms with Gasteiger partial charge >= 0.3 is 5.97 Å². The first-order chi connectivity index (χ1) is 12.1. The molecule has 0 aliphatic carbocycles. The number of methoxy groups -OCH3 is 1. The summed E-state index contributed by atoms with van der Waals surface area (Å²) in [5.41, 5.74) is 1.24. The second kappa shape index (κ2) is 7.21. The summed E-state index contributed by atoms with van der Waals surface area (Å²) in [6, 6.07) is 10.0. The smallest absolute Gasteiger partial charge is 0.328 e. The van der Waals surface area contributed by atoms with Gasteiger partial charge in [-0.05, 0) is 36.4 Å². The topological polar surface area (TPSA) is 76.7 Å². The Morgan fingerprint density at radius 3 is 2.80 bits per heavy atom. The van der Waals surface area contributed by atoms with Crippen molar-refractivity contribution in [3.8, 4) is 5.75 Å². The highest BCUT2D eigenvalue weighted by Crippen LogP contribution is 2.29. The van der Waals surface area contributed by atoms with Crippen LogP contribution in [0.3, 0.4) is 0 Å². The molecule has 2 aromatic rings. The van der Waals surface area contributed by atoms with Gasteiger partial charge in [0, 0.05) is 17.7 Å². The molecule has 1 aliphatic heterocycles. The van der Waals surface area contributed by atoms with Gasteiger partial charge in [-0.3, -0.25) is 4.79 Å². The van der Waals surface area contributed by atoms with E-state index in [2.05, 4.69) is 10.6 Å². The van der Waals surface area contributed by atoms with Crippen molar-refractivity contribution in [2.24, 2.45) is 0 Å². The number of rotatable bonds is 5. The Hall–Kier alpha value is -3.09. The maximum Gasteiger partial charge on any atom is 0.328 e. The van der Waals surface area contributed by atoms with Crippen molar-refractivity contribution in [2.75, 3.05) is 24.4 Å². The lowest BCUT2D eigenvalue weighted by Gasteiger charge is -2.15. The summed E-state index contributed by atoms with van der Waals surface area (Å²) in [5.74, 6) is -0.810. The van der Waals surface area contributed by atoms with Crippen molar-refractivity contribution in [1.82, 2.24) is 0 Å². The molecule has 6 nitrogen and oxygen atoms in total. The van der Waals surface area contributed by atoms with Crippen LogP contribution < -0.4 is 15.4 Å². The predicted octanol–water partition coefficient (Wildman–Crippen LogP) is 2.81. The Bertz CT molecular complexity index is 809. The van der Waals surface area contributed by atoms with Gasteiger partial charge in [0.15, 0.2) is 0 Å². The van der Waals surface area contributed by atoms with Gasteiger partial charge in [0.05, 0.1) is 19.4 Å². The monoisotopic (exact) mass is 344 g/mol. The van der Waals surface area contributed by atoms with E-state index >= 15 is 0 Å². The van der Waals surface area contributed by atoms with E-state index in [9.17, 15) is 14.0 Å². The summed E-state index contributed by atoms with van der Waals surface area (Å²) in [6.07, 6.45) is 0.579. The van der Waals surface area contributed by atoms with Crippen molar-refractivity contribution in [3.63, 3.8) is 0 Å². The Kier molecular flexibility index (Phi) is 4.83. The first-order valence-electron chi connectivity index (χ1n) is 7.75. The van der Waals surface area contributed by atoms with Gasteiger partial charge in [-0.1, -0.05) is 6.07 Å². The fraction of sp³-hybridized carbons (Fsp3) is 0.222. The molecule has 1 aliphatic rings. The lowest BCUT2D eigenvalue weighted by Crippen LogP contribution is -2.24. The molecule has 1 atom stereocenters. The number of benzene rings is 2. The molecule has 3 rings (SSSR count). The van der Waals surface area contributed by atoms with Crippen LogP contribution in [0.25, 0.3) is 0 Å². The average molecular weight is 344 g/mol. The number of ether oxygens (including phenoxy) is 2. The van der Waals surface area contributed by atoms with Crippen LogP contribution in [-0.4, -0.2) is 31.6 Å². The zero-order valence-electron chi connectivity index (χ0n) is 13.5. The molecule has 0 bridgehead atoms. The van der Waals surface area contributed by atoms with Crippen LogP contribution in [-0.2, 0) is 9.53 Å². The van der Waals surface area contributed by atoms with E-state index in [-0.39, 0.29) is 11.5 Å². The van der Waals surface area contributed by atoms with Gasteiger partial charge in [0.1, 0.15) is 17.6 Å². The van der Waals surface area contributed by atoms with E-state index in [0.29, 0.717) is 30.2 Å². The van der Waals surface area contributed by atoms with Crippen molar-refractivity contribution in [1.29, 1.82) is 0 Å². The maximum absolute atomic E-state index is 13.3. The summed E-state index contributed by atoms with van der Waals surface area (Å²) in [4.78, 5) is 23.9. The zero-order chi connectivity index (χ0) is 17.8. The molecule has 0 spiro atoms. The van der Waals surface area contributed by atoms with E-state index < -0.39 is 17.8 Å². The standard InChI is InChI=1S/C18H17FN2O4/c1-24-16-6-5-13(20-14-7-8-25-18(14)23)10-15(16)21-17(22)11-3-2-4-12(19)9-11/h2-6,9-10,14,20H,7-8H2,1H3,(H,21,22). The molecule has 1 unspecified atom stereocenters. The first kappa shape index (κ1) is 16.8. The summed E-state index contributed by atoms with van der Waals surface area (Å²) in [7, 11) is 1.48. The highest BCUT2D eigenvalue weighted by Gasteiger charge is 2.26. The van der Waals surface area contributed by atoms with E-state index in [1.165, 1.54) is 25.3 Å².